The van der Waals surface area contributed by atoms with E-state index < -0.39 is 29.6 Å². The number of nitrogens with one attached hydrogen (secondary N) is 1. The van der Waals surface area contributed by atoms with Crippen molar-refractivity contribution >= 4 is 17.7 Å². The topological polar surface area (TPSA) is 84.9 Å². The molecular formula is C16H14N2O5. The Kier molecular flexibility index (Phi) is 2.99. The van der Waals surface area contributed by atoms with E-state index in [0.29, 0.717) is 11.3 Å². The first kappa shape index (κ1) is 14.0. The van der Waals surface area contributed by atoms with Gasteiger partial charge in [0.2, 0.25) is 0 Å². The number of imide groups is 1. The van der Waals surface area contributed by atoms with Gasteiger partial charge in [0.1, 0.15) is 5.75 Å². The molecule has 2 fully saturated rings. The van der Waals surface area contributed by atoms with Crippen LogP contribution in [0.2, 0.25) is 0 Å². The highest BCUT2D eigenvalue weighted by Crippen LogP contribution is 2.44. The molecular weight excluding hydrogens is 300 g/mol. The van der Waals surface area contributed by atoms with Crippen LogP contribution < -0.4 is 10.2 Å². The molecule has 0 aliphatic carbocycles. The summed E-state index contributed by atoms with van der Waals surface area (Å²) in [6, 6.07) is 6.48. The monoisotopic (exact) mass is 314 g/mol. The fraction of sp³-hybridized carbons (Fsp3) is 0.312. The number of methoxy groups -OCH3 is 1. The number of hydrogen-bond donors (Lipinski definition) is 1. The lowest BCUT2D eigenvalue weighted by molar-refractivity contribution is -0.145. The van der Waals surface area contributed by atoms with E-state index in [1.54, 1.807) is 30.4 Å². The number of carbonyl (C=O) groups is 3. The zero-order chi connectivity index (χ0) is 16.1. The van der Waals surface area contributed by atoms with Crippen LogP contribution in [0.15, 0.2) is 36.4 Å². The Morgan fingerprint density at radius 2 is 1.83 bits per heavy atom. The first-order valence-electron chi connectivity index (χ1n) is 7.27. The number of rotatable bonds is 3. The van der Waals surface area contributed by atoms with Crippen molar-refractivity contribution in [1.82, 2.24) is 10.4 Å². The van der Waals surface area contributed by atoms with Crippen LogP contribution in [0.5, 0.6) is 5.75 Å². The molecule has 0 saturated carbocycles. The molecule has 118 valence electrons. The van der Waals surface area contributed by atoms with Gasteiger partial charge >= 0.3 is 0 Å². The third-order valence-corrected chi connectivity index (χ3v) is 4.46. The molecule has 7 heteroatoms. The molecule has 0 spiro atoms. The predicted molar refractivity (Wildman–Crippen MR) is 77.1 cm³/mol. The van der Waals surface area contributed by atoms with Crippen molar-refractivity contribution in [1.29, 1.82) is 0 Å². The van der Waals surface area contributed by atoms with E-state index in [9.17, 15) is 14.4 Å². The number of hydrazine groups is 1. The van der Waals surface area contributed by atoms with Crippen LogP contribution >= 0.6 is 0 Å². The zero-order valence-corrected chi connectivity index (χ0v) is 12.3. The SMILES string of the molecule is COc1cccc(C(=O)NN2C(=O)[C@@H]3[C@H](C2=O)[C@@H]2C=C[C@@H]3O2)c1. The standard InChI is InChI=1S/C16H14N2O5/c1-22-9-4-2-3-8(7-9)14(19)17-18-15(20)12-10-5-6-11(23-10)13(12)16(18)21/h2-7,10-13H,1H3,(H,17,19)/t10-,11-,12-,13+/m0/s1. The highest BCUT2D eigenvalue weighted by molar-refractivity contribution is 6.09. The maximum atomic E-state index is 12.4. The van der Waals surface area contributed by atoms with Gasteiger partial charge < -0.3 is 9.47 Å². The minimum Gasteiger partial charge on any atom is -0.497 e. The van der Waals surface area contributed by atoms with Crippen LogP contribution in [0, 0.1) is 11.8 Å². The van der Waals surface area contributed by atoms with E-state index in [1.807, 2.05) is 0 Å². The van der Waals surface area contributed by atoms with Crippen LogP contribution in [0.1, 0.15) is 10.4 Å². The van der Waals surface area contributed by atoms with Gasteiger partial charge in [0.05, 0.1) is 31.2 Å². The van der Waals surface area contributed by atoms with Gasteiger partial charge in [-0.1, -0.05) is 18.2 Å². The Morgan fingerprint density at radius 1 is 1.17 bits per heavy atom. The van der Waals surface area contributed by atoms with Gasteiger partial charge in [-0.25, -0.2) is 0 Å². The van der Waals surface area contributed by atoms with Gasteiger partial charge in [0, 0.05) is 5.56 Å². The summed E-state index contributed by atoms with van der Waals surface area (Å²) in [5, 5.41) is 0.826. The first-order chi connectivity index (χ1) is 11.1. The number of carbonyl (C=O) groups excluding carboxylic acids is 3. The lowest BCUT2D eigenvalue weighted by Crippen LogP contribution is -2.47. The maximum Gasteiger partial charge on any atom is 0.270 e. The molecule has 1 aromatic carbocycles. The van der Waals surface area contributed by atoms with Crippen LogP contribution in [0.3, 0.4) is 0 Å². The van der Waals surface area contributed by atoms with Crippen molar-refractivity contribution in [3.8, 4) is 5.75 Å². The van der Waals surface area contributed by atoms with E-state index in [1.165, 1.54) is 13.2 Å². The summed E-state index contributed by atoms with van der Waals surface area (Å²) < 4.78 is 10.6. The molecule has 23 heavy (non-hydrogen) atoms. The Hall–Kier alpha value is -2.67. The Morgan fingerprint density at radius 3 is 2.43 bits per heavy atom. The van der Waals surface area contributed by atoms with Gasteiger partial charge in [0.25, 0.3) is 17.7 Å². The number of fused-ring (bicyclic) bond motifs is 5. The zero-order valence-electron chi connectivity index (χ0n) is 12.3. The van der Waals surface area contributed by atoms with Crippen LogP contribution in [0.4, 0.5) is 0 Å². The van der Waals surface area contributed by atoms with Crippen molar-refractivity contribution < 1.29 is 23.9 Å². The fourth-order valence-corrected chi connectivity index (χ4v) is 3.34. The second kappa shape index (κ2) is 4.92. The van der Waals surface area contributed by atoms with Crippen molar-refractivity contribution in [2.24, 2.45) is 11.8 Å². The molecule has 1 aromatic rings. The van der Waals surface area contributed by atoms with Crippen molar-refractivity contribution in [2.75, 3.05) is 7.11 Å². The fourth-order valence-electron chi connectivity index (χ4n) is 3.34. The van der Waals surface area contributed by atoms with E-state index in [2.05, 4.69) is 5.43 Å². The summed E-state index contributed by atoms with van der Waals surface area (Å²) in [4.78, 5) is 37.2. The van der Waals surface area contributed by atoms with Crippen molar-refractivity contribution in [2.45, 2.75) is 12.2 Å². The number of amides is 3. The minimum atomic E-state index is -0.539. The second-order valence-corrected chi connectivity index (χ2v) is 5.69. The van der Waals surface area contributed by atoms with Gasteiger partial charge in [0.15, 0.2) is 0 Å². The summed E-state index contributed by atoms with van der Waals surface area (Å²) in [5.74, 6) is -1.94. The maximum absolute atomic E-state index is 12.4. The summed E-state index contributed by atoms with van der Waals surface area (Å²) in [6.07, 6.45) is 2.84. The third-order valence-electron chi connectivity index (χ3n) is 4.46. The summed E-state index contributed by atoms with van der Waals surface area (Å²) in [6.45, 7) is 0. The van der Waals surface area contributed by atoms with Crippen LogP contribution in [-0.2, 0) is 14.3 Å². The average Bonchev–Trinajstić information content (AvgIpc) is 3.24. The molecule has 4 atom stereocenters. The van der Waals surface area contributed by atoms with Crippen molar-refractivity contribution in [3.63, 3.8) is 0 Å². The molecule has 0 aromatic heterocycles. The minimum absolute atomic E-state index is 0.305. The Labute approximate surface area is 131 Å². The normalized spacial score (nSPS) is 30.7. The summed E-state index contributed by atoms with van der Waals surface area (Å²) in [7, 11) is 1.49. The molecule has 0 unspecified atom stereocenters. The predicted octanol–water partition coefficient (Wildman–Crippen LogP) is 0.278. The lowest BCUT2D eigenvalue weighted by atomic mass is 9.85. The number of benzene rings is 1. The summed E-state index contributed by atoms with van der Waals surface area (Å²) >= 11 is 0. The van der Waals surface area contributed by atoms with E-state index in [0.717, 1.165) is 5.01 Å². The van der Waals surface area contributed by atoms with Crippen LogP contribution in [0.25, 0.3) is 0 Å². The molecule has 2 saturated heterocycles. The number of hydrogen-bond acceptors (Lipinski definition) is 5. The number of ether oxygens (including phenoxy) is 2. The molecule has 4 rings (SSSR count). The largest absolute Gasteiger partial charge is 0.497 e. The van der Waals surface area contributed by atoms with E-state index in [-0.39, 0.29) is 12.2 Å². The quantitative estimate of drug-likeness (QED) is 0.640. The van der Waals surface area contributed by atoms with Crippen LogP contribution in [-0.4, -0.2) is 42.0 Å². The van der Waals surface area contributed by atoms with Gasteiger partial charge in [-0.2, -0.15) is 5.01 Å². The lowest BCUT2D eigenvalue weighted by Gasteiger charge is -2.18. The van der Waals surface area contributed by atoms with E-state index >= 15 is 0 Å². The third kappa shape index (κ3) is 1.97. The van der Waals surface area contributed by atoms with Gasteiger partial charge in [-0.15, -0.1) is 0 Å². The van der Waals surface area contributed by atoms with Gasteiger partial charge in [-0.3, -0.25) is 19.8 Å². The van der Waals surface area contributed by atoms with E-state index in [4.69, 9.17) is 9.47 Å². The molecule has 3 aliphatic rings. The molecule has 0 radical (unpaired) electrons. The molecule has 2 bridgehead atoms. The smallest absolute Gasteiger partial charge is 0.270 e. The average molecular weight is 314 g/mol. The second-order valence-electron chi connectivity index (χ2n) is 5.69. The summed E-state index contributed by atoms with van der Waals surface area (Å²) in [5.41, 5.74) is 2.70. The molecule has 3 aliphatic heterocycles. The highest BCUT2D eigenvalue weighted by atomic mass is 16.5. The number of nitrogens with zero attached hydrogens (tertiary/aromatic N) is 1. The Bertz CT molecular complexity index is 714. The first-order valence-corrected chi connectivity index (χ1v) is 7.27. The van der Waals surface area contributed by atoms with Gasteiger partial charge in [-0.05, 0) is 18.2 Å². The molecule has 3 heterocycles. The molecule has 7 nitrogen and oxygen atoms in total. The molecule has 1 N–H and O–H groups in total. The highest BCUT2D eigenvalue weighted by Gasteiger charge is 2.61. The molecule has 3 amide bonds. The van der Waals surface area contributed by atoms with Crippen molar-refractivity contribution in [3.05, 3.63) is 42.0 Å². The Balaban J connectivity index is 1.54.